The quantitative estimate of drug-likeness (QED) is 0.657. The molecule has 1 amide bonds. The van der Waals surface area contributed by atoms with Gasteiger partial charge >= 0.3 is 0 Å². The molecule has 0 bridgehead atoms. The van der Waals surface area contributed by atoms with Crippen LogP contribution >= 0.6 is 0 Å². The SMILES string of the molecule is CC(CCc1ccccc1)N(Cc1cccnc1)C(=O)c1cncn1C. The zero-order valence-corrected chi connectivity index (χ0v) is 15.2. The van der Waals surface area contributed by atoms with E-state index in [9.17, 15) is 4.79 Å². The molecule has 3 aromatic rings. The Labute approximate surface area is 154 Å². The van der Waals surface area contributed by atoms with Gasteiger partial charge in [0.05, 0.1) is 12.5 Å². The van der Waals surface area contributed by atoms with Crippen molar-refractivity contribution in [3.05, 3.63) is 84.2 Å². The first kappa shape index (κ1) is 17.9. The van der Waals surface area contributed by atoms with Crippen molar-refractivity contribution >= 4 is 5.91 Å². The zero-order chi connectivity index (χ0) is 18.4. The molecule has 0 N–H and O–H groups in total. The topological polar surface area (TPSA) is 51.0 Å². The highest BCUT2D eigenvalue weighted by atomic mass is 16.2. The van der Waals surface area contributed by atoms with Gasteiger partial charge in [-0.1, -0.05) is 36.4 Å². The Morgan fingerprint density at radius 3 is 2.50 bits per heavy atom. The van der Waals surface area contributed by atoms with E-state index < -0.39 is 0 Å². The fraction of sp³-hybridized carbons (Fsp3) is 0.286. The number of rotatable bonds is 7. The predicted molar refractivity (Wildman–Crippen MR) is 102 cm³/mol. The Hall–Kier alpha value is -2.95. The third kappa shape index (κ3) is 4.36. The van der Waals surface area contributed by atoms with Crippen LogP contribution in [0.5, 0.6) is 0 Å². The number of hydrogen-bond donors (Lipinski definition) is 0. The van der Waals surface area contributed by atoms with E-state index in [1.807, 2.05) is 48.5 Å². The summed E-state index contributed by atoms with van der Waals surface area (Å²) in [5.41, 5.74) is 2.91. The van der Waals surface area contributed by atoms with Gasteiger partial charge in [-0.15, -0.1) is 0 Å². The summed E-state index contributed by atoms with van der Waals surface area (Å²) < 4.78 is 1.77. The number of carbonyl (C=O) groups excluding carboxylic acids is 1. The van der Waals surface area contributed by atoms with Crippen molar-refractivity contribution in [2.45, 2.75) is 32.4 Å². The zero-order valence-electron chi connectivity index (χ0n) is 15.2. The van der Waals surface area contributed by atoms with Gasteiger partial charge in [0.1, 0.15) is 5.69 Å². The van der Waals surface area contributed by atoms with Crippen LogP contribution in [0, 0.1) is 0 Å². The minimum absolute atomic E-state index is 0.00517. The molecule has 26 heavy (non-hydrogen) atoms. The van der Waals surface area contributed by atoms with Gasteiger partial charge in [-0.3, -0.25) is 9.78 Å². The molecule has 1 atom stereocenters. The maximum Gasteiger partial charge on any atom is 0.272 e. The molecule has 0 aliphatic heterocycles. The highest BCUT2D eigenvalue weighted by Crippen LogP contribution is 2.16. The second-order valence-electron chi connectivity index (χ2n) is 6.56. The lowest BCUT2D eigenvalue weighted by Crippen LogP contribution is -2.39. The van der Waals surface area contributed by atoms with Gasteiger partial charge in [-0.05, 0) is 37.0 Å². The summed E-state index contributed by atoms with van der Waals surface area (Å²) in [6.07, 6.45) is 8.67. The minimum atomic E-state index is -0.00517. The summed E-state index contributed by atoms with van der Waals surface area (Å²) in [6.45, 7) is 2.64. The van der Waals surface area contributed by atoms with E-state index in [-0.39, 0.29) is 11.9 Å². The molecule has 2 heterocycles. The molecule has 2 aromatic heterocycles. The molecule has 5 heteroatoms. The molecule has 1 unspecified atom stereocenters. The second kappa shape index (κ2) is 8.43. The number of hydrogen-bond acceptors (Lipinski definition) is 3. The number of pyridine rings is 1. The largest absolute Gasteiger partial charge is 0.330 e. The van der Waals surface area contributed by atoms with Crippen LogP contribution < -0.4 is 0 Å². The van der Waals surface area contributed by atoms with Crippen LogP contribution in [-0.2, 0) is 20.0 Å². The summed E-state index contributed by atoms with van der Waals surface area (Å²) in [5.74, 6) is -0.00517. The van der Waals surface area contributed by atoms with Crippen molar-refractivity contribution < 1.29 is 4.79 Å². The third-order valence-corrected chi connectivity index (χ3v) is 4.60. The van der Waals surface area contributed by atoms with E-state index in [2.05, 4.69) is 29.0 Å². The van der Waals surface area contributed by atoms with Crippen molar-refractivity contribution in [1.82, 2.24) is 19.4 Å². The first-order valence-electron chi connectivity index (χ1n) is 8.85. The Kier molecular flexibility index (Phi) is 5.79. The summed E-state index contributed by atoms with van der Waals surface area (Å²) in [5, 5.41) is 0. The highest BCUT2D eigenvalue weighted by Gasteiger charge is 2.24. The number of aryl methyl sites for hydroxylation is 2. The Morgan fingerprint density at radius 2 is 1.85 bits per heavy atom. The van der Waals surface area contributed by atoms with E-state index >= 15 is 0 Å². The summed E-state index contributed by atoms with van der Waals surface area (Å²) in [4.78, 5) is 23.3. The molecule has 0 fully saturated rings. The number of nitrogens with zero attached hydrogens (tertiary/aromatic N) is 4. The van der Waals surface area contributed by atoms with Gasteiger partial charge in [0.15, 0.2) is 0 Å². The lowest BCUT2D eigenvalue weighted by atomic mass is 10.0. The molecule has 0 saturated carbocycles. The van der Waals surface area contributed by atoms with E-state index in [1.165, 1.54) is 5.56 Å². The lowest BCUT2D eigenvalue weighted by molar-refractivity contribution is 0.0657. The van der Waals surface area contributed by atoms with Gasteiger partial charge < -0.3 is 9.47 Å². The minimum Gasteiger partial charge on any atom is -0.330 e. The maximum atomic E-state index is 13.1. The average molecular weight is 348 g/mol. The molecule has 0 spiro atoms. The first-order valence-corrected chi connectivity index (χ1v) is 8.85. The van der Waals surface area contributed by atoms with E-state index in [0.717, 1.165) is 18.4 Å². The van der Waals surface area contributed by atoms with Crippen LogP contribution in [-0.4, -0.2) is 31.4 Å². The third-order valence-electron chi connectivity index (χ3n) is 4.60. The fourth-order valence-electron chi connectivity index (χ4n) is 3.00. The van der Waals surface area contributed by atoms with Gasteiger partial charge in [-0.25, -0.2) is 4.98 Å². The standard InChI is InChI=1S/C21H24N4O/c1-17(10-11-18-7-4-3-5-8-18)25(15-19-9-6-12-22-13-19)21(26)20-14-23-16-24(20)2/h3-9,12-14,16-17H,10-11,15H2,1-2H3. The Morgan fingerprint density at radius 1 is 1.08 bits per heavy atom. The molecule has 0 radical (unpaired) electrons. The van der Waals surface area contributed by atoms with Crippen LogP contribution in [0.2, 0.25) is 0 Å². The first-order chi connectivity index (χ1) is 12.6. The molecule has 3 rings (SSSR count). The van der Waals surface area contributed by atoms with Crippen LogP contribution in [0.1, 0.15) is 35.0 Å². The van der Waals surface area contributed by atoms with Gasteiger partial charge in [0.25, 0.3) is 5.91 Å². The van der Waals surface area contributed by atoms with E-state index in [4.69, 9.17) is 0 Å². The molecule has 134 valence electrons. The lowest BCUT2D eigenvalue weighted by Gasteiger charge is -2.29. The molecule has 5 nitrogen and oxygen atoms in total. The number of carbonyl (C=O) groups is 1. The molecular weight excluding hydrogens is 324 g/mol. The number of imidazole rings is 1. The summed E-state index contributed by atoms with van der Waals surface area (Å²) in [7, 11) is 1.84. The van der Waals surface area contributed by atoms with Crippen LogP contribution in [0.3, 0.4) is 0 Å². The van der Waals surface area contributed by atoms with Crippen LogP contribution in [0.25, 0.3) is 0 Å². The van der Waals surface area contributed by atoms with Gasteiger partial charge in [0.2, 0.25) is 0 Å². The molecule has 0 saturated heterocycles. The molecule has 1 aromatic carbocycles. The molecule has 0 aliphatic rings. The van der Waals surface area contributed by atoms with Gasteiger partial charge in [-0.2, -0.15) is 0 Å². The van der Waals surface area contributed by atoms with Crippen molar-refractivity contribution in [2.75, 3.05) is 0 Å². The maximum absolute atomic E-state index is 13.1. The normalized spacial score (nSPS) is 11.9. The Bertz CT molecular complexity index is 829. The monoisotopic (exact) mass is 348 g/mol. The smallest absolute Gasteiger partial charge is 0.272 e. The van der Waals surface area contributed by atoms with E-state index in [1.54, 1.807) is 23.3 Å². The summed E-state index contributed by atoms with van der Waals surface area (Å²) in [6, 6.07) is 14.4. The molecule has 0 aliphatic carbocycles. The van der Waals surface area contributed by atoms with Crippen molar-refractivity contribution in [3.8, 4) is 0 Å². The second-order valence-corrected chi connectivity index (χ2v) is 6.56. The van der Waals surface area contributed by atoms with E-state index in [0.29, 0.717) is 12.2 Å². The average Bonchev–Trinajstić information content (AvgIpc) is 3.11. The number of amides is 1. The summed E-state index contributed by atoms with van der Waals surface area (Å²) >= 11 is 0. The fourth-order valence-corrected chi connectivity index (χ4v) is 3.00. The number of benzene rings is 1. The van der Waals surface area contributed by atoms with Crippen molar-refractivity contribution in [2.24, 2.45) is 7.05 Å². The highest BCUT2D eigenvalue weighted by molar-refractivity contribution is 5.92. The van der Waals surface area contributed by atoms with Gasteiger partial charge in [0, 0.05) is 32.0 Å². The Balaban J connectivity index is 1.77. The van der Waals surface area contributed by atoms with Crippen LogP contribution in [0.15, 0.2) is 67.4 Å². The van der Waals surface area contributed by atoms with Crippen molar-refractivity contribution in [3.63, 3.8) is 0 Å². The predicted octanol–water partition coefficient (Wildman–Crippen LogP) is 3.48. The number of aromatic nitrogens is 3. The van der Waals surface area contributed by atoms with Crippen molar-refractivity contribution in [1.29, 1.82) is 0 Å². The molecular formula is C21H24N4O. The van der Waals surface area contributed by atoms with Crippen LogP contribution in [0.4, 0.5) is 0 Å².